The van der Waals surface area contributed by atoms with Crippen LogP contribution in [0.4, 0.5) is 9.59 Å². The Bertz CT molecular complexity index is 899. The van der Waals surface area contributed by atoms with Gasteiger partial charge in [0.15, 0.2) is 5.82 Å². The van der Waals surface area contributed by atoms with E-state index in [4.69, 9.17) is 4.74 Å². The minimum absolute atomic E-state index is 0.0499. The minimum atomic E-state index is -1.12. The molecule has 34 heavy (non-hydrogen) atoms. The molecule has 0 spiro atoms. The van der Waals surface area contributed by atoms with Gasteiger partial charge >= 0.3 is 12.1 Å². The summed E-state index contributed by atoms with van der Waals surface area (Å²) >= 11 is 0. The molecule has 5 N–H and O–H groups in total. The molecule has 1 saturated heterocycles. The number of rotatable bonds is 9. The van der Waals surface area contributed by atoms with Gasteiger partial charge in [0.05, 0.1) is 13.1 Å². The number of carbonyl (C=O) groups is 5. The molecule has 1 aliphatic heterocycles. The molecule has 1 fully saturated rings. The summed E-state index contributed by atoms with van der Waals surface area (Å²) in [4.78, 5) is 63.0. The van der Waals surface area contributed by atoms with Crippen LogP contribution in [0.2, 0.25) is 0 Å². The van der Waals surface area contributed by atoms with Crippen molar-refractivity contribution in [1.82, 2.24) is 46.8 Å². The summed E-state index contributed by atoms with van der Waals surface area (Å²) in [5.74, 6) is -2.05. The molecule has 6 amide bonds. The molecule has 0 unspecified atom stereocenters. The zero-order chi connectivity index (χ0) is 25.5. The van der Waals surface area contributed by atoms with Crippen molar-refractivity contribution < 1.29 is 28.7 Å². The quantitative estimate of drug-likeness (QED) is 0.287. The molecule has 1 aliphatic rings. The molecule has 2 rings (SSSR count). The molecule has 15 nitrogen and oxygen atoms in total. The second-order valence-electron chi connectivity index (χ2n) is 8.74. The molecule has 1 aromatic rings. The Balaban J connectivity index is 1.97. The lowest BCUT2D eigenvalue weighted by atomic mass is 9.98. The number of ether oxygens (including phenoxy) is 1. The molecule has 188 valence electrons. The van der Waals surface area contributed by atoms with Crippen LogP contribution >= 0.6 is 0 Å². The van der Waals surface area contributed by atoms with Crippen LogP contribution in [0.25, 0.3) is 0 Å². The highest BCUT2D eigenvalue weighted by molar-refractivity contribution is 6.03. The van der Waals surface area contributed by atoms with Gasteiger partial charge < -0.3 is 26.0 Å². The van der Waals surface area contributed by atoms with Crippen molar-refractivity contribution in [3.05, 3.63) is 5.82 Å². The first kappa shape index (κ1) is 26.5. The third-order valence-corrected chi connectivity index (χ3v) is 4.94. The van der Waals surface area contributed by atoms with Crippen molar-refractivity contribution in [3.8, 4) is 0 Å². The van der Waals surface area contributed by atoms with Crippen LogP contribution < -0.4 is 21.3 Å². The molecule has 0 saturated carbocycles. The number of nitrogens with zero attached hydrogens (tertiary/aromatic N) is 4. The summed E-state index contributed by atoms with van der Waals surface area (Å²) in [6.07, 6.45) is -0.199. The van der Waals surface area contributed by atoms with Crippen molar-refractivity contribution in [2.24, 2.45) is 5.92 Å². The predicted octanol–water partition coefficient (Wildman–Crippen LogP) is -1.21. The molecule has 15 heteroatoms. The molecule has 2 heterocycles. The van der Waals surface area contributed by atoms with E-state index in [2.05, 4.69) is 41.9 Å². The maximum absolute atomic E-state index is 12.7. The zero-order valence-electron chi connectivity index (χ0n) is 19.8. The summed E-state index contributed by atoms with van der Waals surface area (Å²) in [5, 5.41) is 22.9. The zero-order valence-corrected chi connectivity index (χ0v) is 19.8. The Morgan fingerprint density at radius 1 is 1.24 bits per heavy atom. The summed E-state index contributed by atoms with van der Waals surface area (Å²) in [6.45, 7) is 8.00. The number of hydrogen-bond acceptors (Lipinski definition) is 9. The van der Waals surface area contributed by atoms with Crippen LogP contribution in [0.3, 0.4) is 0 Å². The lowest BCUT2D eigenvalue weighted by molar-refractivity contribution is -0.136. The highest BCUT2D eigenvalue weighted by Crippen LogP contribution is 2.12. The molecule has 0 bridgehead atoms. The first-order valence-electron chi connectivity index (χ1n) is 10.8. The van der Waals surface area contributed by atoms with E-state index in [1.165, 1.54) is 0 Å². The van der Waals surface area contributed by atoms with Gasteiger partial charge in [0.2, 0.25) is 11.8 Å². The van der Waals surface area contributed by atoms with Crippen LogP contribution in [-0.4, -0.2) is 86.1 Å². The Morgan fingerprint density at radius 3 is 2.53 bits per heavy atom. The van der Waals surface area contributed by atoms with Crippen molar-refractivity contribution in [3.63, 3.8) is 0 Å². The molecule has 0 aromatic carbocycles. The Labute approximate surface area is 196 Å². The fourth-order valence-corrected chi connectivity index (χ4v) is 3.03. The van der Waals surface area contributed by atoms with Crippen molar-refractivity contribution in [2.75, 3.05) is 13.1 Å². The van der Waals surface area contributed by atoms with E-state index in [9.17, 15) is 24.0 Å². The Morgan fingerprint density at radius 2 is 1.94 bits per heavy atom. The number of alkyl carbamates (subject to hydrolysis) is 1. The van der Waals surface area contributed by atoms with Gasteiger partial charge in [-0.3, -0.25) is 14.4 Å². The van der Waals surface area contributed by atoms with Gasteiger partial charge in [-0.1, -0.05) is 25.5 Å². The molecule has 3 atom stereocenters. The number of H-pyrrole nitrogens is 1. The second kappa shape index (κ2) is 11.4. The first-order chi connectivity index (χ1) is 15.9. The van der Waals surface area contributed by atoms with Crippen LogP contribution in [0.5, 0.6) is 0 Å². The second-order valence-corrected chi connectivity index (χ2v) is 8.74. The summed E-state index contributed by atoms with van der Waals surface area (Å²) < 4.78 is 5.21. The number of carbonyl (C=O) groups excluding carboxylic acids is 5. The molecule has 0 radical (unpaired) electrons. The fourth-order valence-electron chi connectivity index (χ4n) is 3.03. The maximum Gasteiger partial charge on any atom is 0.408 e. The lowest BCUT2D eigenvalue weighted by Gasteiger charge is -2.26. The largest absolute Gasteiger partial charge is 0.444 e. The number of urea groups is 1. The third-order valence-electron chi connectivity index (χ3n) is 4.94. The Kier molecular flexibility index (Phi) is 8.86. The predicted molar refractivity (Wildman–Crippen MR) is 116 cm³/mol. The number of amides is 6. The van der Waals surface area contributed by atoms with E-state index < -0.39 is 54.1 Å². The smallest absolute Gasteiger partial charge is 0.408 e. The van der Waals surface area contributed by atoms with Crippen molar-refractivity contribution >= 4 is 29.8 Å². The molecule has 1 aromatic heterocycles. The highest BCUT2D eigenvalue weighted by Gasteiger charge is 2.40. The number of aromatic nitrogens is 4. The van der Waals surface area contributed by atoms with E-state index in [0.717, 1.165) is 4.90 Å². The number of aromatic amines is 1. The monoisotopic (exact) mass is 481 g/mol. The van der Waals surface area contributed by atoms with Gasteiger partial charge in [-0.2, -0.15) is 5.21 Å². The van der Waals surface area contributed by atoms with E-state index in [-0.39, 0.29) is 24.8 Å². The molecular weight excluding hydrogens is 450 g/mol. The molecule has 0 aliphatic carbocycles. The first-order valence-corrected chi connectivity index (χ1v) is 10.8. The summed E-state index contributed by atoms with van der Waals surface area (Å²) in [6, 6.07) is -2.84. The topological polar surface area (TPSA) is 200 Å². The van der Waals surface area contributed by atoms with Gasteiger partial charge in [0, 0.05) is 6.54 Å². The van der Waals surface area contributed by atoms with Gasteiger partial charge in [0.1, 0.15) is 17.7 Å². The van der Waals surface area contributed by atoms with E-state index in [1.54, 1.807) is 27.7 Å². The third kappa shape index (κ3) is 7.38. The normalized spacial score (nSPS) is 17.4. The number of tetrazole rings is 1. The van der Waals surface area contributed by atoms with E-state index >= 15 is 0 Å². The number of imide groups is 1. The van der Waals surface area contributed by atoms with Gasteiger partial charge in [-0.25, -0.2) is 14.5 Å². The van der Waals surface area contributed by atoms with Crippen molar-refractivity contribution in [2.45, 2.75) is 65.3 Å². The Hall–Kier alpha value is -3.78. The summed E-state index contributed by atoms with van der Waals surface area (Å²) in [5.41, 5.74) is -0.751. The summed E-state index contributed by atoms with van der Waals surface area (Å²) in [7, 11) is 0. The average molecular weight is 482 g/mol. The van der Waals surface area contributed by atoms with Crippen LogP contribution in [0.1, 0.15) is 46.9 Å². The lowest BCUT2D eigenvalue weighted by Crippen LogP contribution is -2.55. The fraction of sp³-hybridized carbons (Fsp3) is 0.684. The van der Waals surface area contributed by atoms with Crippen LogP contribution in [-0.2, 0) is 25.7 Å². The number of nitrogens with one attached hydrogen (secondary N) is 5. The van der Waals surface area contributed by atoms with Gasteiger partial charge in [0.25, 0.3) is 5.91 Å². The SMILES string of the molecule is CC[C@H](C)[C@H](NC(=O)OC(C)(C)C)C(=O)NCC(=O)N1C(=O)NC[C@H]1C(=O)NCc1nn[nH]n1. The average Bonchev–Trinajstić information content (AvgIpc) is 3.41. The maximum atomic E-state index is 12.7. The van der Waals surface area contributed by atoms with Crippen LogP contribution in [0, 0.1) is 5.92 Å². The standard InChI is InChI=1S/C19H31N9O6/c1-6-10(2)14(23-18(33)34-19(3,4)5)16(31)21-9-13(29)28-11(7-22-17(28)32)15(30)20-8-12-24-26-27-25-12/h10-11,14H,6-9H2,1-5H3,(H,20,30)(H,21,31)(H,22,32)(H,23,33)(H,24,25,26,27)/t10-,11-,14-/m0/s1. The van der Waals surface area contributed by atoms with E-state index in [0.29, 0.717) is 6.42 Å². The highest BCUT2D eigenvalue weighted by atomic mass is 16.6. The van der Waals surface area contributed by atoms with E-state index in [1.807, 2.05) is 6.92 Å². The number of hydrogen-bond donors (Lipinski definition) is 5. The molecular formula is C19H31N9O6. The minimum Gasteiger partial charge on any atom is -0.444 e. The van der Waals surface area contributed by atoms with Crippen molar-refractivity contribution in [1.29, 1.82) is 0 Å². The van der Waals surface area contributed by atoms with Crippen LogP contribution in [0.15, 0.2) is 0 Å². The van der Waals surface area contributed by atoms with Gasteiger partial charge in [-0.05, 0) is 26.7 Å². The van der Waals surface area contributed by atoms with Gasteiger partial charge in [-0.15, -0.1) is 10.2 Å².